The van der Waals surface area contributed by atoms with Crippen molar-refractivity contribution in [2.24, 2.45) is 0 Å². The van der Waals surface area contributed by atoms with Crippen molar-refractivity contribution in [3.05, 3.63) is 70.1 Å². The maximum atomic E-state index is 12.1. The van der Waals surface area contributed by atoms with Gasteiger partial charge in [-0.2, -0.15) is 0 Å². The second kappa shape index (κ2) is 7.28. The third kappa shape index (κ3) is 4.91. The fraction of sp³-hybridized carbons (Fsp3) is 0.0588. The van der Waals surface area contributed by atoms with E-state index in [-0.39, 0.29) is 23.2 Å². The van der Waals surface area contributed by atoms with Crippen LogP contribution in [0, 0.1) is 10.1 Å². The molecule has 0 unspecified atom stereocenters. The minimum Gasteiger partial charge on any atom is -0.417 e. The first-order valence-electron chi connectivity index (χ1n) is 7.42. The van der Waals surface area contributed by atoms with Crippen molar-refractivity contribution in [3.8, 4) is 17.2 Å². The smallest absolute Gasteiger partial charge is 0.417 e. The second-order valence-corrected chi connectivity index (χ2v) is 5.20. The molecule has 0 N–H and O–H groups in total. The number of benzene rings is 2. The number of nitrogens with zero attached hydrogens (tertiary/aromatic N) is 3. The predicted octanol–water partition coefficient (Wildman–Crippen LogP) is 4.71. The van der Waals surface area contributed by atoms with Crippen LogP contribution in [-0.4, -0.2) is 21.5 Å². The Morgan fingerprint density at radius 2 is 1.81 bits per heavy atom. The van der Waals surface area contributed by atoms with E-state index in [1.165, 1.54) is 48.5 Å². The number of rotatable bonds is 5. The summed E-state index contributed by atoms with van der Waals surface area (Å²) in [6, 6.07) is 10.9. The summed E-state index contributed by atoms with van der Waals surface area (Å²) in [6.45, 7) is 0. The first kappa shape index (κ1) is 18.1. The minimum absolute atomic E-state index is 0.104. The SMILES string of the molecule is O=[N+]([O-])c1cccc(-c2nnc(C=Cc3ccc(OC(F)(F)F)cc3)o2)c1. The lowest BCUT2D eigenvalue weighted by Crippen LogP contribution is -2.16. The van der Waals surface area contributed by atoms with E-state index in [1.807, 2.05) is 0 Å². The molecule has 0 aliphatic carbocycles. The Morgan fingerprint density at radius 3 is 2.48 bits per heavy atom. The molecule has 0 aliphatic rings. The lowest BCUT2D eigenvalue weighted by Gasteiger charge is -2.08. The van der Waals surface area contributed by atoms with Gasteiger partial charge in [-0.15, -0.1) is 23.4 Å². The molecule has 2 aromatic carbocycles. The van der Waals surface area contributed by atoms with Gasteiger partial charge in [-0.25, -0.2) is 0 Å². The van der Waals surface area contributed by atoms with E-state index in [1.54, 1.807) is 12.1 Å². The molecular weight excluding hydrogens is 367 g/mol. The molecule has 0 spiro atoms. The number of aromatic nitrogens is 2. The Labute approximate surface area is 149 Å². The molecule has 1 heterocycles. The number of nitro benzene ring substituents is 1. The number of hydrogen-bond acceptors (Lipinski definition) is 6. The molecule has 0 radical (unpaired) electrons. The Balaban J connectivity index is 1.72. The van der Waals surface area contributed by atoms with Crippen LogP contribution in [-0.2, 0) is 0 Å². The first-order chi connectivity index (χ1) is 12.8. The van der Waals surface area contributed by atoms with Crippen molar-refractivity contribution < 1.29 is 27.2 Å². The summed E-state index contributed by atoms with van der Waals surface area (Å²) in [5, 5.41) is 18.4. The van der Waals surface area contributed by atoms with Gasteiger partial charge in [0.05, 0.1) is 4.92 Å². The van der Waals surface area contributed by atoms with Gasteiger partial charge in [-0.3, -0.25) is 10.1 Å². The van der Waals surface area contributed by atoms with Crippen molar-refractivity contribution >= 4 is 17.8 Å². The average Bonchev–Trinajstić information content (AvgIpc) is 3.09. The summed E-state index contributed by atoms with van der Waals surface area (Å²) in [5.74, 6) is -0.0928. The van der Waals surface area contributed by atoms with Crippen LogP contribution in [0.2, 0.25) is 0 Å². The maximum absolute atomic E-state index is 12.1. The van der Waals surface area contributed by atoms with Crippen LogP contribution in [0.25, 0.3) is 23.6 Å². The van der Waals surface area contributed by atoms with Crippen molar-refractivity contribution in [2.75, 3.05) is 0 Å². The van der Waals surface area contributed by atoms with Crippen molar-refractivity contribution in [1.82, 2.24) is 10.2 Å². The maximum Gasteiger partial charge on any atom is 0.573 e. The Hall–Kier alpha value is -3.69. The van der Waals surface area contributed by atoms with Gasteiger partial charge in [0.25, 0.3) is 5.69 Å². The van der Waals surface area contributed by atoms with Gasteiger partial charge >= 0.3 is 6.36 Å². The molecular formula is C17H10F3N3O4. The molecule has 3 rings (SSSR count). The van der Waals surface area contributed by atoms with Gasteiger partial charge in [0.15, 0.2) is 0 Å². The van der Waals surface area contributed by atoms with Gasteiger partial charge in [0, 0.05) is 23.8 Å². The molecule has 0 bridgehead atoms. The van der Waals surface area contributed by atoms with Crippen molar-refractivity contribution in [3.63, 3.8) is 0 Å². The largest absolute Gasteiger partial charge is 0.573 e. The monoisotopic (exact) mass is 377 g/mol. The zero-order valence-corrected chi connectivity index (χ0v) is 13.4. The van der Waals surface area contributed by atoms with Gasteiger partial charge < -0.3 is 9.15 Å². The highest BCUT2D eigenvalue weighted by Crippen LogP contribution is 2.24. The molecule has 0 aliphatic heterocycles. The van der Waals surface area contributed by atoms with E-state index in [2.05, 4.69) is 14.9 Å². The van der Waals surface area contributed by atoms with Crippen LogP contribution >= 0.6 is 0 Å². The number of non-ortho nitro benzene ring substituents is 1. The minimum atomic E-state index is -4.75. The molecule has 3 aromatic rings. The van der Waals surface area contributed by atoms with Crippen LogP contribution in [0.15, 0.2) is 52.9 Å². The quantitative estimate of drug-likeness (QED) is 0.472. The fourth-order valence-corrected chi connectivity index (χ4v) is 2.12. The Bertz CT molecular complexity index is 982. The Morgan fingerprint density at radius 1 is 1.07 bits per heavy atom. The van der Waals surface area contributed by atoms with E-state index in [4.69, 9.17) is 4.42 Å². The highest BCUT2D eigenvalue weighted by molar-refractivity contribution is 5.67. The van der Waals surface area contributed by atoms with E-state index < -0.39 is 11.3 Å². The summed E-state index contributed by atoms with van der Waals surface area (Å²) in [5.41, 5.74) is 0.869. The molecule has 138 valence electrons. The molecule has 7 nitrogen and oxygen atoms in total. The molecule has 0 atom stereocenters. The molecule has 1 aromatic heterocycles. The highest BCUT2D eigenvalue weighted by atomic mass is 19.4. The molecule has 0 saturated carbocycles. The van der Waals surface area contributed by atoms with E-state index >= 15 is 0 Å². The lowest BCUT2D eigenvalue weighted by atomic mass is 10.2. The van der Waals surface area contributed by atoms with Crippen LogP contribution in [0.5, 0.6) is 5.75 Å². The van der Waals surface area contributed by atoms with E-state index in [0.29, 0.717) is 11.1 Å². The fourth-order valence-electron chi connectivity index (χ4n) is 2.12. The van der Waals surface area contributed by atoms with Crippen LogP contribution in [0.1, 0.15) is 11.5 Å². The molecule has 0 amide bonds. The summed E-state index contributed by atoms with van der Waals surface area (Å²) in [4.78, 5) is 10.3. The number of ether oxygens (including phenoxy) is 1. The summed E-state index contributed by atoms with van der Waals surface area (Å²) < 4.78 is 45.6. The van der Waals surface area contributed by atoms with Gasteiger partial charge in [-0.05, 0) is 29.8 Å². The molecule has 0 saturated heterocycles. The zero-order chi connectivity index (χ0) is 19.4. The third-order valence-electron chi connectivity index (χ3n) is 3.28. The normalized spacial score (nSPS) is 11.7. The van der Waals surface area contributed by atoms with Crippen LogP contribution in [0.4, 0.5) is 18.9 Å². The lowest BCUT2D eigenvalue weighted by molar-refractivity contribution is -0.384. The van der Waals surface area contributed by atoms with Gasteiger partial charge in [-0.1, -0.05) is 18.2 Å². The standard InChI is InChI=1S/C17H10F3N3O4/c18-17(19,20)27-14-7-4-11(5-8-14)6-9-15-21-22-16(26-15)12-2-1-3-13(10-12)23(24)25/h1-10H. The van der Waals surface area contributed by atoms with Crippen LogP contribution < -0.4 is 4.74 Å². The van der Waals surface area contributed by atoms with Crippen LogP contribution in [0.3, 0.4) is 0 Å². The molecule has 10 heteroatoms. The van der Waals surface area contributed by atoms with Gasteiger partial charge in [0.2, 0.25) is 11.8 Å². The Kier molecular flexibility index (Phi) is 4.88. The summed E-state index contributed by atoms with van der Waals surface area (Å²) >= 11 is 0. The first-order valence-corrected chi connectivity index (χ1v) is 7.42. The number of alkyl halides is 3. The topological polar surface area (TPSA) is 91.3 Å². The zero-order valence-electron chi connectivity index (χ0n) is 13.4. The second-order valence-electron chi connectivity index (χ2n) is 5.20. The third-order valence-corrected chi connectivity index (χ3v) is 3.28. The van der Waals surface area contributed by atoms with E-state index in [0.717, 1.165) is 0 Å². The highest BCUT2D eigenvalue weighted by Gasteiger charge is 2.30. The van der Waals surface area contributed by atoms with Crippen molar-refractivity contribution in [1.29, 1.82) is 0 Å². The van der Waals surface area contributed by atoms with E-state index in [9.17, 15) is 23.3 Å². The number of halogens is 3. The molecule has 0 fully saturated rings. The van der Waals surface area contributed by atoms with Crippen molar-refractivity contribution in [2.45, 2.75) is 6.36 Å². The summed E-state index contributed by atoms with van der Waals surface area (Å²) in [6.07, 6.45) is -1.72. The average molecular weight is 377 g/mol. The molecule has 27 heavy (non-hydrogen) atoms. The number of hydrogen-bond donors (Lipinski definition) is 0. The number of nitro groups is 1. The summed E-state index contributed by atoms with van der Waals surface area (Å²) in [7, 11) is 0. The van der Waals surface area contributed by atoms with Gasteiger partial charge in [0.1, 0.15) is 5.75 Å². The predicted molar refractivity (Wildman–Crippen MR) is 88.4 cm³/mol.